The number of nitrogens with two attached hydrogens (primary N) is 1. The van der Waals surface area contributed by atoms with Crippen molar-refractivity contribution in [3.05, 3.63) is 38.9 Å². The molecule has 5 nitrogen and oxygen atoms in total. The summed E-state index contributed by atoms with van der Waals surface area (Å²) in [5.74, 6) is 5.81. The molecule has 0 fully saturated rings. The highest BCUT2D eigenvalue weighted by Crippen LogP contribution is 2.21. The van der Waals surface area contributed by atoms with Gasteiger partial charge in [-0.05, 0) is 29.0 Å². The van der Waals surface area contributed by atoms with Crippen LogP contribution in [0.25, 0.3) is 0 Å². The van der Waals surface area contributed by atoms with Crippen LogP contribution in [0.15, 0.2) is 28.3 Å². The van der Waals surface area contributed by atoms with Crippen LogP contribution < -0.4 is 11.3 Å². The van der Waals surface area contributed by atoms with Crippen molar-refractivity contribution in [1.29, 1.82) is 0 Å². The van der Waals surface area contributed by atoms with Crippen molar-refractivity contribution >= 4 is 33.1 Å². The van der Waals surface area contributed by atoms with E-state index in [9.17, 15) is 0 Å². The van der Waals surface area contributed by atoms with E-state index in [4.69, 9.17) is 5.84 Å². The molecule has 2 heterocycles. The van der Waals surface area contributed by atoms with E-state index in [0.717, 1.165) is 23.3 Å². The number of thiophene rings is 1. The molecular weight excluding hydrogens is 314 g/mol. The highest BCUT2D eigenvalue weighted by atomic mass is 79.9. The molecule has 18 heavy (non-hydrogen) atoms. The molecular formula is C11H14BrN5S. The minimum absolute atomic E-state index is 0.573. The SMILES string of the molecule is CN(Cc1cnc(NN)cn1)Cc1cc(Br)cs1. The molecule has 0 spiro atoms. The lowest BCUT2D eigenvalue weighted by Crippen LogP contribution is -2.18. The Hall–Kier alpha value is -1.02. The summed E-state index contributed by atoms with van der Waals surface area (Å²) in [5, 5.41) is 2.09. The fraction of sp³-hybridized carbons (Fsp3) is 0.273. The summed E-state index contributed by atoms with van der Waals surface area (Å²) in [4.78, 5) is 11.9. The lowest BCUT2D eigenvalue weighted by molar-refractivity contribution is 0.317. The maximum Gasteiger partial charge on any atom is 0.158 e. The Kier molecular flexibility index (Phi) is 4.65. The molecule has 2 aromatic rings. The van der Waals surface area contributed by atoms with Crippen molar-refractivity contribution in [2.24, 2.45) is 5.84 Å². The predicted molar refractivity (Wildman–Crippen MR) is 77.0 cm³/mol. The third kappa shape index (κ3) is 3.74. The largest absolute Gasteiger partial charge is 0.307 e. The maximum atomic E-state index is 5.24. The number of hydrogen-bond acceptors (Lipinski definition) is 6. The van der Waals surface area contributed by atoms with E-state index in [2.05, 4.69) is 54.7 Å². The van der Waals surface area contributed by atoms with Gasteiger partial charge in [-0.15, -0.1) is 11.3 Å². The van der Waals surface area contributed by atoms with Crippen LogP contribution in [0.5, 0.6) is 0 Å². The summed E-state index contributed by atoms with van der Waals surface area (Å²) in [6.07, 6.45) is 3.36. The van der Waals surface area contributed by atoms with Gasteiger partial charge < -0.3 is 5.43 Å². The first-order valence-electron chi connectivity index (χ1n) is 5.36. The summed E-state index contributed by atoms with van der Waals surface area (Å²) in [7, 11) is 2.06. The predicted octanol–water partition coefficient (Wildman–Crippen LogP) is 2.22. The number of hydrogen-bond donors (Lipinski definition) is 2. The van der Waals surface area contributed by atoms with Crippen molar-refractivity contribution in [2.45, 2.75) is 13.1 Å². The first-order valence-corrected chi connectivity index (χ1v) is 7.03. The number of nitrogens with one attached hydrogen (secondary N) is 1. The Balaban J connectivity index is 1.91. The Morgan fingerprint density at radius 1 is 1.39 bits per heavy atom. The van der Waals surface area contributed by atoms with E-state index in [1.165, 1.54) is 4.88 Å². The number of anilines is 1. The van der Waals surface area contributed by atoms with Gasteiger partial charge in [0.1, 0.15) is 0 Å². The van der Waals surface area contributed by atoms with Crippen LogP contribution >= 0.6 is 27.3 Å². The summed E-state index contributed by atoms with van der Waals surface area (Å²) in [5.41, 5.74) is 3.38. The molecule has 0 radical (unpaired) electrons. The molecule has 0 atom stereocenters. The van der Waals surface area contributed by atoms with Crippen molar-refractivity contribution in [3.63, 3.8) is 0 Å². The van der Waals surface area contributed by atoms with Crippen LogP contribution in [0.2, 0.25) is 0 Å². The zero-order valence-corrected chi connectivity index (χ0v) is 12.3. The Bertz CT molecular complexity index is 498. The highest BCUT2D eigenvalue weighted by Gasteiger charge is 2.05. The zero-order chi connectivity index (χ0) is 13.0. The van der Waals surface area contributed by atoms with Gasteiger partial charge in [0.2, 0.25) is 0 Å². The number of nitrogen functional groups attached to an aromatic ring is 1. The topological polar surface area (TPSA) is 67.1 Å². The molecule has 0 unspecified atom stereocenters. The molecule has 7 heteroatoms. The van der Waals surface area contributed by atoms with E-state index in [-0.39, 0.29) is 0 Å². The first-order chi connectivity index (χ1) is 8.67. The van der Waals surface area contributed by atoms with Crippen LogP contribution in [0.4, 0.5) is 5.82 Å². The third-order valence-electron chi connectivity index (χ3n) is 2.33. The van der Waals surface area contributed by atoms with Gasteiger partial charge in [0.05, 0.1) is 18.1 Å². The molecule has 0 aromatic carbocycles. The zero-order valence-electron chi connectivity index (χ0n) is 9.93. The fourth-order valence-electron chi connectivity index (χ4n) is 1.55. The van der Waals surface area contributed by atoms with E-state index in [0.29, 0.717) is 5.82 Å². The number of nitrogens with zero attached hydrogens (tertiary/aromatic N) is 3. The van der Waals surface area contributed by atoms with Gasteiger partial charge in [0.25, 0.3) is 0 Å². The summed E-state index contributed by atoms with van der Waals surface area (Å²) in [6, 6.07) is 2.13. The van der Waals surface area contributed by atoms with Crippen molar-refractivity contribution in [1.82, 2.24) is 14.9 Å². The molecule has 96 valence electrons. The number of hydrazine groups is 1. The quantitative estimate of drug-likeness (QED) is 0.651. The lowest BCUT2D eigenvalue weighted by atomic mass is 10.4. The normalized spacial score (nSPS) is 10.9. The van der Waals surface area contributed by atoms with E-state index in [1.54, 1.807) is 23.7 Å². The molecule has 0 bridgehead atoms. The van der Waals surface area contributed by atoms with Gasteiger partial charge >= 0.3 is 0 Å². The number of aromatic nitrogens is 2. The van der Waals surface area contributed by atoms with Crippen LogP contribution in [0.1, 0.15) is 10.6 Å². The number of halogens is 1. The molecule has 0 aliphatic heterocycles. The molecule has 3 N–H and O–H groups in total. The minimum Gasteiger partial charge on any atom is -0.307 e. The van der Waals surface area contributed by atoms with E-state index in [1.807, 2.05) is 0 Å². The minimum atomic E-state index is 0.573. The summed E-state index contributed by atoms with van der Waals surface area (Å²) < 4.78 is 1.13. The molecule has 0 saturated heterocycles. The molecule has 0 saturated carbocycles. The smallest absolute Gasteiger partial charge is 0.158 e. The number of rotatable bonds is 5. The van der Waals surface area contributed by atoms with Crippen LogP contribution in [0, 0.1) is 0 Å². The van der Waals surface area contributed by atoms with Crippen LogP contribution in [0.3, 0.4) is 0 Å². The Morgan fingerprint density at radius 2 is 2.22 bits per heavy atom. The highest BCUT2D eigenvalue weighted by molar-refractivity contribution is 9.10. The molecule has 0 amide bonds. The average molecular weight is 328 g/mol. The third-order valence-corrected chi connectivity index (χ3v) is 4.02. The maximum absolute atomic E-state index is 5.24. The van der Waals surface area contributed by atoms with Crippen molar-refractivity contribution in [2.75, 3.05) is 12.5 Å². The monoisotopic (exact) mass is 327 g/mol. The fourth-order valence-corrected chi connectivity index (χ4v) is 3.08. The molecule has 0 aliphatic carbocycles. The second kappa shape index (κ2) is 6.24. The van der Waals surface area contributed by atoms with E-state index < -0.39 is 0 Å². The van der Waals surface area contributed by atoms with Crippen LogP contribution in [-0.4, -0.2) is 21.9 Å². The first kappa shape index (κ1) is 13.4. The lowest BCUT2D eigenvalue weighted by Gasteiger charge is -2.14. The Labute approximate surface area is 118 Å². The van der Waals surface area contributed by atoms with E-state index >= 15 is 0 Å². The second-order valence-corrected chi connectivity index (χ2v) is 5.85. The standard InChI is InChI=1S/C11H14BrN5S/c1-17(6-10-2-8(12)7-18-10)5-9-3-15-11(16-13)4-14-9/h2-4,7H,5-6,13H2,1H3,(H,15,16). The molecule has 0 aliphatic rings. The van der Waals surface area contributed by atoms with Crippen molar-refractivity contribution < 1.29 is 0 Å². The van der Waals surface area contributed by atoms with Gasteiger partial charge in [-0.2, -0.15) is 0 Å². The molecule has 2 rings (SSSR count). The average Bonchev–Trinajstić information content (AvgIpc) is 2.75. The van der Waals surface area contributed by atoms with Gasteiger partial charge in [0, 0.05) is 27.8 Å². The van der Waals surface area contributed by atoms with Crippen molar-refractivity contribution in [3.8, 4) is 0 Å². The van der Waals surface area contributed by atoms with Gasteiger partial charge in [-0.25, -0.2) is 10.8 Å². The Morgan fingerprint density at radius 3 is 2.78 bits per heavy atom. The summed E-state index contributed by atoms with van der Waals surface area (Å²) >= 11 is 5.20. The van der Waals surface area contributed by atoms with Gasteiger partial charge in [-0.3, -0.25) is 9.88 Å². The van der Waals surface area contributed by atoms with Crippen LogP contribution in [-0.2, 0) is 13.1 Å². The molecule has 2 aromatic heterocycles. The van der Waals surface area contributed by atoms with Gasteiger partial charge in [-0.1, -0.05) is 0 Å². The summed E-state index contributed by atoms with van der Waals surface area (Å²) in [6.45, 7) is 1.65. The van der Waals surface area contributed by atoms with Gasteiger partial charge in [0.15, 0.2) is 5.82 Å². The second-order valence-electron chi connectivity index (χ2n) is 3.94.